The second-order valence-corrected chi connectivity index (χ2v) is 12.2. The third kappa shape index (κ3) is 5.58. The molecule has 11 heteroatoms. The van der Waals surface area contributed by atoms with Gasteiger partial charge in [-0.1, -0.05) is 12.1 Å². The fraction of sp³-hybridized carbons (Fsp3) is 0.370. The number of rotatable bonds is 10. The van der Waals surface area contributed by atoms with Gasteiger partial charge in [0.05, 0.1) is 34.2 Å². The molecule has 2 heterocycles. The summed E-state index contributed by atoms with van der Waals surface area (Å²) in [6, 6.07) is 10.3. The van der Waals surface area contributed by atoms with Gasteiger partial charge >= 0.3 is 0 Å². The molecule has 1 aromatic heterocycles. The number of carbonyl (C=O) groups excluding carboxylic acids is 1. The fourth-order valence-electron chi connectivity index (χ4n) is 4.10. The van der Waals surface area contributed by atoms with Gasteiger partial charge in [0.15, 0.2) is 9.84 Å². The number of amides is 1. The molecular formula is C27H33N5O5S. The highest BCUT2D eigenvalue weighted by Crippen LogP contribution is 2.36. The van der Waals surface area contributed by atoms with Gasteiger partial charge in [-0.05, 0) is 64.4 Å². The zero-order valence-electron chi connectivity index (χ0n) is 22.1. The standard InChI is InChI=1S/C27H33N5O5S/c1-16(2)37-23-12-19-15-32(10-11-33)26(34)20(19)13-22(23)30-27-28-14-18(5)25(31-27)29-21-8-6-7-9-24(21)38(35,36)17(3)4/h6-9,12-14,16-17,33H,10-11,15H2,1-5H3,(H2,28,29,30,31). The highest BCUT2D eigenvalue weighted by Gasteiger charge is 2.29. The summed E-state index contributed by atoms with van der Waals surface area (Å²) < 4.78 is 31.8. The first-order chi connectivity index (χ1) is 18.0. The van der Waals surface area contributed by atoms with Crippen molar-refractivity contribution in [3.8, 4) is 5.75 Å². The van der Waals surface area contributed by atoms with E-state index in [1.165, 1.54) is 0 Å². The van der Waals surface area contributed by atoms with Crippen LogP contribution in [0, 0.1) is 6.92 Å². The van der Waals surface area contributed by atoms with Crippen LogP contribution >= 0.6 is 0 Å². The Morgan fingerprint density at radius 2 is 1.84 bits per heavy atom. The maximum absolute atomic E-state index is 12.9. The second kappa shape index (κ2) is 11.0. The van der Waals surface area contributed by atoms with E-state index in [9.17, 15) is 18.3 Å². The Morgan fingerprint density at radius 1 is 1.11 bits per heavy atom. The lowest BCUT2D eigenvalue weighted by molar-refractivity contribution is 0.0745. The van der Waals surface area contributed by atoms with Crippen molar-refractivity contribution < 1.29 is 23.1 Å². The van der Waals surface area contributed by atoms with E-state index in [0.717, 1.165) is 11.1 Å². The van der Waals surface area contributed by atoms with Gasteiger partial charge < -0.3 is 25.4 Å². The predicted molar refractivity (Wildman–Crippen MR) is 146 cm³/mol. The van der Waals surface area contributed by atoms with Crippen molar-refractivity contribution in [1.29, 1.82) is 0 Å². The van der Waals surface area contributed by atoms with Crippen molar-refractivity contribution in [3.63, 3.8) is 0 Å². The van der Waals surface area contributed by atoms with Crippen molar-refractivity contribution in [1.82, 2.24) is 14.9 Å². The van der Waals surface area contributed by atoms with Crippen LogP contribution in [0.5, 0.6) is 5.75 Å². The summed E-state index contributed by atoms with van der Waals surface area (Å²) in [5.74, 6) is 1.06. The number of nitrogens with zero attached hydrogens (tertiary/aromatic N) is 3. The van der Waals surface area contributed by atoms with Gasteiger partial charge in [-0.25, -0.2) is 13.4 Å². The Labute approximate surface area is 223 Å². The van der Waals surface area contributed by atoms with Gasteiger partial charge in [0, 0.05) is 30.4 Å². The van der Waals surface area contributed by atoms with Gasteiger partial charge in [-0.15, -0.1) is 0 Å². The van der Waals surface area contributed by atoms with Crippen LogP contribution in [-0.4, -0.2) is 58.8 Å². The topological polar surface area (TPSA) is 134 Å². The first-order valence-electron chi connectivity index (χ1n) is 12.5. The lowest BCUT2D eigenvalue weighted by atomic mass is 10.1. The summed E-state index contributed by atoms with van der Waals surface area (Å²) in [4.78, 5) is 23.6. The van der Waals surface area contributed by atoms with Crippen molar-refractivity contribution in [3.05, 3.63) is 59.3 Å². The molecule has 3 aromatic rings. The molecule has 2 aromatic carbocycles. The average Bonchev–Trinajstić information content (AvgIpc) is 3.15. The van der Waals surface area contributed by atoms with E-state index in [4.69, 9.17) is 4.74 Å². The van der Waals surface area contributed by atoms with Crippen LogP contribution in [0.3, 0.4) is 0 Å². The maximum atomic E-state index is 12.9. The zero-order chi connectivity index (χ0) is 27.6. The SMILES string of the molecule is Cc1cnc(Nc2cc3c(cc2OC(C)C)CN(CCO)C3=O)nc1Nc1ccccc1S(=O)(=O)C(C)C. The van der Waals surface area contributed by atoms with E-state index >= 15 is 0 Å². The third-order valence-electron chi connectivity index (χ3n) is 6.10. The minimum absolute atomic E-state index is 0.116. The molecule has 38 heavy (non-hydrogen) atoms. The molecule has 1 aliphatic heterocycles. The van der Waals surface area contributed by atoms with Crippen LogP contribution in [0.15, 0.2) is 47.5 Å². The normalized spacial score (nSPS) is 13.3. The monoisotopic (exact) mass is 539 g/mol. The number of hydrogen-bond donors (Lipinski definition) is 3. The van der Waals surface area contributed by atoms with Crippen LogP contribution in [0.4, 0.5) is 23.1 Å². The minimum Gasteiger partial charge on any atom is -0.489 e. The molecule has 0 unspecified atom stereocenters. The minimum atomic E-state index is -3.53. The van der Waals surface area contributed by atoms with E-state index in [-0.39, 0.29) is 36.0 Å². The molecular weight excluding hydrogens is 506 g/mol. The molecule has 1 amide bonds. The van der Waals surface area contributed by atoms with E-state index in [1.54, 1.807) is 55.3 Å². The fourth-order valence-corrected chi connectivity index (χ4v) is 5.30. The molecule has 0 radical (unpaired) electrons. The lowest BCUT2D eigenvalue weighted by Gasteiger charge is -2.18. The Kier molecular flexibility index (Phi) is 7.89. The van der Waals surface area contributed by atoms with Gasteiger partial charge in [0.25, 0.3) is 5.91 Å². The largest absolute Gasteiger partial charge is 0.489 e. The van der Waals surface area contributed by atoms with Gasteiger partial charge in [0.2, 0.25) is 5.95 Å². The number of anilines is 4. The van der Waals surface area contributed by atoms with Crippen LogP contribution in [0.1, 0.15) is 49.2 Å². The number of benzene rings is 2. The molecule has 4 rings (SSSR count). The summed E-state index contributed by atoms with van der Waals surface area (Å²) in [7, 11) is -3.53. The molecule has 202 valence electrons. The second-order valence-electron chi connectivity index (χ2n) is 9.69. The average molecular weight is 540 g/mol. The zero-order valence-corrected chi connectivity index (χ0v) is 23.0. The molecule has 0 saturated carbocycles. The summed E-state index contributed by atoms with van der Waals surface area (Å²) >= 11 is 0. The number of aryl methyl sites for hydroxylation is 1. The number of β-amino-alcohol motifs (C(OH)–C–C–N with tert-alkyl or cyclic N) is 1. The molecule has 0 aliphatic carbocycles. The first kappa shape index (κ1) is 27.3. The quantitative estimate of drug-likeness (QED) is 0.347. The molecule has 1 aliphatic rings. The van der Waals surface area contributed by atoms with Crippen molar-refractivity contribution in [2.45, 2.75) is 57.4 Å². The number of sulfone groups is 1. The van der Waals surface area contributed by atoms with Crippen molar-refractivity contribution in [2.75, 3.05) is 23.8 Å². The Bertz CT molecular complexity index is 1460. The summed E-state index contributed by atoms with van der Waals surface area (Å²) in [6.07, 6.45) is 1.51. The number of hydrogen-bond acceptors (Lipinski definition) is 9. The Balaban J connectivity index is 1.68. The van der Waals surface area contributed by atoms with E-state index in [0.29, 0.717) is 35.1 Å². The summed E-state index contributed by atoms with van der Waals surface area (Å²) in [5.41, 5.74) is 3.00. The van der Waals surface area contributed by atoms with Crippen LogP contribution < -0.4 is 15.4 Å². The van der Waals surface area contributed by atoms with E-state index in [1.807, 2.05) is 26.8 Å². The third-order valence-corrected chi connectivity index (χ3v) is 8.31. The van der Waals surface area contributed by atoms with Gasteiger partial charge in [-0.3, -0.25) is 4.79 Å². The Morgan fingerprint density at radius 3 is 2.53 bits per heavy atom. The number of para-hydroxylation sites is 1. The van der Waals surface area contributed by atoms with Crippen LogP contribution in [0.25, 0.3) is 0 Å². The number of ether oxygens (including phenoxy) is 1. The maximum Gasteiger partial charge on any atom is 0.254 e. The molecule has 10 nitrogen and oxygen atoms in total. The summed E-state index contributed by atoms with van der Waals surface area (Å²) in [6.45, 7) is 9.46. The van der Waals surface area contributed by atoms with Gasteiger partial charge in [0.1, 0.15) is 11.6 Å². The molecule has 0 bridgehead atoms. The van der Waals surface area contributed by atoms with Crippen molar-refractivity contribution >= 4 is 38.9 Å². The summed E-state index contributed by atoms with van der Waals surface area (Å²) in [5, 5.41) is 15.0. The molecule has 0 saturated heterocycles. The number of aliphatic hydroxyl groups is 1. The van der Waals surface area contributed by atoms with Crippen molar-refractivity contribution in [2.24, 2.45) is 0 Å². The molecule has 0 fully saturated rings. The first-order valence-corrected chi connectivity index (χ1v) is 14.0. The van der Waals surface area contributed by atoms with E-state index < -0.39 is 15.1 Å². The number of fused-ring (bicyclic) bond motifs is 1. The predicted octanol–water partition coefficient (Wildman–Crippen LogP) is 4.19. The van der Waals surface area contributed by atoms with E-state index in [2.05, 4.69) is 20.6 Å². The highest BCUT2D eigenvalue weighted by atomic mass is 32.2. The van der Waals surface area contributed by atoms with Gasteiger partial charge in [-0.2, -0.15) is 4.98 Å². The highest BCUT2D eigenvalue weighted by molar-refractivity contribution is 7.92. The number of aromatic nitrogens is 2. The number of carbonyl (C=O) groups is 1. The number of aliphatic hydroxyl groups excluding tert-OH is 1. The molecule has 3 N–H and O–H groups in total. The molecule has 0 atom stereocenters. The lowest BCUT2D eigenvalue weighted by Crippen LogP contribution is -2.26. The van der Waals surface area contributed by atoms with Crippen LogP contribution in [-0.2, 0) is 16.4 Å². The Hall–Kier alpha value is -3.70. The molecule has 0 spiro atoms. The van der Waals surface area contributed by atoms with Crippen LogP contribution in [0.2, 0.25) is 0 Å². The smallest absolute Gasteiger partial charge is 0.254 e. The number of nitrogens with one attached hydrogen (secondary N) is 2.